The lowest BCUT2D eigenvalue weighted by molar-refractivity contribution is 0.0734. The first-order chi connectivity index (χ1) is 13.4. The molecule has 28 heavy (non-hydrogen) atoms. The minimum Gasteiger partial charge on any atom is -0.493 e. The van der Waals surface area contributed by atoms with Crippen molar-refractivity contribution in [1.29, 1.82) is 0 Å². The molecule has 1 N–H and O–H groups in total. The second kappa shape index (κ2) is 8.29. The van der Waals surface area contributed by atoms with Crippen LogP contribution in [0.5, 0.6) is 11.5 Å². The minimum absolute atomic E-state index is 0.0115. The Balaban J connectivity index is 1.80. The maximum atomic E-state index is 13.0. The number of hydrogen-bond acceptors (Lipinski definition) is 5. The molecule has 0 saturated heterocycles. The Morgan fingerprint density at radius 2 is 1.68 bits per heavy atom. The van der Waals surface area contributed by atoms with Crippen molar-refractivity contribution in [2.45, 2.75) is 32.9 Å². The van der Waals surface area contributed by atoms with Gasteiger partial charge in [0.2, 0.25) is 0 Å². The van der Waals surface area contributed by atoms with E-state index in [9.17, 15) is 9.59 Å². The fourth-order valence-electron chi connectivity index (χ4n) is 3.27. The standard InChI is InChI=1S/C21H25N3O4/c1-13(2)23-20(25)15-7-16(11-22-10-15)21(26)24-6-5-14-8-18(27-3)19(28-4)9-17(14)12-24/h7-11,13H,5-6,12H2,1-4H3,(H,23,25). The van der Waals surface area contributed by atoms with Gasteiger partial charge in [-0.05, 0) is 49.6 Å². The number of hydrogen-bond donors (Lipinski definition) is 1. The van der Waals surface area contributed by atoms with Gasteiger partial charge < -0.3 is 19.7 Å². The van der Waals surface area contributed by atoms with Gasteiger partial charge in [-0.25, -0.2) is 0 Å². The van der Waals surface area contributed by atoms with Crippen LogP contribution in [0.1, 0.15) is 45.7 Å². The normalized spacial score (nSPS) is 13.1. The smallest absolute Gasteiger partial charge is 0.255 e. The van der Waals surface area contributed by atoms with Crippen LogP contribution in [-0.2, 0) is 13.0 Å². The van der Waals surface area contributed by atoms with E-state index in [-0.39, 0.29) is 17.9 Å². The monoisotopic (exact) mass is 383 g/mol. The van der Waals surface area contributed by atoms with E-state index in [0.717, 1.165) is 17.5 Å². The van der Waals surface area contributed by atoms with Crippen LogP contribution in [0.25, 0.3) is 0 Å². The zero-order chi connectivity index (χ0) is 20.3. The maximum absolute atomic E-state index is 13.0. The molecule has 2 aromatic rings. The van der Waals surface area contributed by atoms with Crippen molar-refractivity contribution < 1.29 is 19.1 Å². The summed E-state index contributed by atoms with van der Waals surface area (Å²) in [6.45, 7) is 4.82. The number of amides is 2. The van der Waals surface area contributed by atoms with E-state index in [4.69, 9.17) is 9.47 Å². The molecule has 1 aliphatic heterocycles. The second-order valence-electron chi connectivity index (χ2n) is 7.04. The quantitative estimate of drug-likeness (QED) is 0.858. The average molecular weight is 383 g/mol. The van der Waals surface area contributed by atoms with Crippen LogP contribution in [0.4, 0.5) is 0 Å². The summed E-state index contributed by atoms with van der Waals surface area (Å²) in [4.78, 5) is 31.0. The Bertz CT molecular complexity index is 895. The van der Waals surface area contributed by atoms with Crippen LogP contribution in [0, 0.1) is 0 Å². The number of carbonyl (C=O) groups is 2. The predicted octanol–water partition coefficient (Wildman–Crippen LogP) is 2.44. The molecule has 0 fully saturated rings. The minimum atomic E-state index is -0.238. The van der Waals surface area contributed by atoms with E-state index < -0.39 is 0 Å². The van der Waals surface area contributed by atoms with Crippen molar-refractivity contribution in [3.8, 4) is 11.5 Å². The first-order valence-electron chi connectivity index (χ1n) is 9.22. The van der Waals surface area contributed by atoms with E-state index in [1.807, 2.05) is 26.0 Å². The van der Waals surface area contributed by atoms with Gasteiger partial charge in [0.15, 0.2) is 11.5 Å². The maximum Gasteiger partial charge on any atom is 0.255 e. The van der Waals surface area contributed by atoms with Crippen molar-refractivity contribution in [1.82, 2.24) is 15.2 Å². The third-order valence-corrected chi connectivity index (χ3v) is 4.67. The predicted molar refractivity (Wildman–Crippen MR) is 105 cm³/mol. The molecule has 1 aliphatic rings. The van der Waals surface area contributed by atoms with Gasteiger partial charge in [0, 0.05) is 31.5 Å². The fourth-order valence-corrected chi connectivity index (χ4v) is 3.27. The lowest BCUT2D eigenvalue weighted by atomic mass is 9.98. The van der Waals surface area contributed by atoms with Crippen LogP contribution in [0.15, 0.2) is 30.6 Å². The summed E-state index contributed by atoms with van der Waals surface area (Å²) in [6.07, 6.45) is 3.69. The molecule has 7 heteroatoms. The van der Waals surface area contributed by atoms with Crippen LogP contribution in [0.3, 0.4) is 0 Å². The summed E-state index contributed by atoms with van der Waals surface area (Å²) >= 11 is 0. The van der Waals surface area contributed by atoms with Crippen molar-refractivity contribution in [3.05, 3.63) is 52.8 Å². The van der Waals surface area contributed by atoms with E-state index in [1.54, 1.807) is 25.2 Å². The highest BCUT2D eigenvalue weighted by Gasteiger charge is 2.24. The largest absolute Gasteiger partial charge is 0.493 e. The van der Waals surface area contributed by atoms with Crippen LogP contribution in [-0.4, -0.2) is 48.5 Å². The molecule has 0 unspecified atom stereocenters. The van der Waals surface area contributed by atoms with Gasteiger partial charge in [-0.3, -0.25) is 14.6 Å². The van der Waals surface area contributed by atoms with E-state index >= 15 is 0 Å². The molecule has 0 bridgehead atoms. The Morgan fingerprint density at radius 3 is 2.32 bits per heavy atom. The average Bonchev–Trinajstić information content (AvgIpc) is 2.71. The van der Waals surface area contributed by atoms with Gasteiger partial charge in [-0.1, -0.05) is 0 Å². The zero-order valence-electron chi connectivity index (χ0n) is 16.6. The van der Waals surface area contributed by atoms with Gasteiger partial charge >= 0.3 is 0 Å². The Kier molecular flexibility index (Phi) is 5.82. The van der Waals surface area contributed by atoms with Crippen molar-refractivity contribution >= 4 is 11.8 Å². The molecule has 2 amide bonds. The highest BCUT2D eigenvalue weighted by atomic mass is 16.5. The fraction of sp³-hybridized carbons (Fsp3) is 0.381. The summed E-state index contributed by atoms with van der Waals surface area (Å²) < 4.78 is 10.7. The molecule has 0 aliphatic carbocycles. The molecule has 1 aromatic carbocycles. The van der Waals surface area contributed by atoms with Gasteiger partial charge in [0.25, 0.3) is 11.8 Å². The second-order valence-corrected chi connectivity index (χ2v) is 7.04. The Hall–Kier alpha value is -3.09. The summed E-state index contributed by atoms with van der Waals surface area (Å²) in [6, 6.07) is 5.49. The molecule has 148 valence electrons. The first-order valence-corrected chi connectivity index (χ1v) is 9.22. The number of methoxy groups -OCH3 is 2. The SMILES string of the molecule is COc1cc2c(cc1OC)CN(C(=O)c1cncc(C(=O)NC(C)C)c1)CC2. The van der Waals surface area contributed by atoms with Gasteiger partial charge in [0.05, 0.1) is 25.3 Å². The summed E-state index contributed by atoms with van der Waals surface area (Å²) in [5, 5.41) is 2.81. The van der Waals surface area contributed by atoms with Crippen LogP contribution < -0.4 is 14.8 Å². The van der Waals surface area contributed by atoms with Gasteiger partial charge in [-0.2, -0.15) is 0 Å². The molecule has 3 rings (SSSR count). The van der Waals surface area contributed by atoms with Crippen molar-refractivity contribution in [3.63, 3.8) is 0 Å². The van der Waals surface area contributed by atoms with E-state index in [1.165, 1.54) is 12.4 Å². The molecule has 0 radical (unpaired) electrons. The van der Waals surface area contributed by atoms with E-state index in [0.29, 0.717) is 35.7 Å². The van der Waals surface area contributed by atoms with Gasteiger partial charge in [0.1, 0.15) is 0 Å². The third kappa shape index (κ3) is 4.08. The Morgan fingerprint density at radius 1 is 1.04 bits per heavy atom. The number of rotatable bonds is 5. The topological polar surface area (TPSA) is 80.8 Å². The number of aromatic nitrogens is 1. The number of pyridine rings is 1. The lowest BCUT2D eigenvalue weighted by Gasteiger charge is -2.29. The molecule has 2 heterocycles. The lowest BCUT2D eigenvalue weighted by Crippen LogP contribution is -2.36. The summed E-state index contributed by atoms with van der Waals surface area (Å²) in [7, 11) is 3.20. The molecule has 7 nitrogen and oxygen atoms in total. The highest BCUT2D eigenvalue weighted by Crippen LogP contribution is 2.33. The zero-order valence-corrected chi connectivity index (χ0v) is 16.6. The highest BCUT2D eigenvalue weighted by molar-refractivity contribution is 5.99. The number of benzene rings is 1. The summed E-state index contributed by atoms with van der Waals surface area (Å²) in [5.41, 5.74) is 2.95. The van der Waals surface area contributed by atoms with Crippen molar-refractivity contribution in [2.24, 2.45) is 0 Å². The first kappa shape index (κ1) is 19.7. The number of ether oxygens (including phenoxy) is 2. The van der Waals surface area contributed by atoms with Crippen molar-refractivity contribution in [2.75, 3.05) is 20.8 Å². The molecule has 0 atom stereocenters. The van der Waals surface area contributed by atoms with Gasteiger partial charge in [-0.15, -0.1) is 0 Å². The third-order valence-electron chi connectivity index (χ3n) is 4.67. The summed E-state index contributed by atoms with van der Waals surface area (Å²) in [5.74, 6) is 0.948. The number of nitrogens with one attached hydrogen (secondary N) is 1. The molecule has 0 spiro atoms. The Labute approximate surface area is 164 Å². The number of fused-ring (bicyclic) bond motifs is 1. The number of carbonyl (C=O) groups excluding carboxylic acids is 2. The van der Waals surface area contributed by atoms with Crippen LogP contribution in [0.2, 0.25) is 0 Å². The molecule has 0 saturated carbocycles. The van der Waals surface area contributed by atoms with E-state index in [2.05, 4.69) is 10.3 Å². The molecular weight excluding hydrogens is 358 g/mol. The van der Waals surface area contributed by atoms with Crippen LogP contribution >= 0.6 is 0 Å². The molecule has 1 aromatic heterocycles. The number of nitrogens with zero attached hydrogens (tertiary/aromatic N) is 2. The molecular formula is C21H25N3O4.